The molecule has 0 aromatic heterocycles. The van der Waals surface area contributed by atoms with Crippen LogP contribution in [0.25, 0.3) is 0 Å². The number of nitro benzene ring substituents is 1. The number of benzene rings is 1. The van der Waals surface area contributed by atoms with Crippen molar-refractivity contribution < 1.29 is 19.2 Å². The minimum Gasteiger partial charge on any atom is -0.487 e. The van der Waals surface area contributed by atoms with E-state index < -0.39 is 10.9 Å². The van der Waals surface area contributed by atoms with Crippen molar-refractivity contribution in [1.82, 2.24) is 0 Å². The third kappa shape index (κ3) is 4.09. The highest BCUT2D eigenvalue weighted by molar-refractivity contribution is 6.33. The van der Waals surface area contributed by atoms with Crippen molar-refractivity contribution >= 4 is 23.3 Å². The van der Waals surface area contributed by atoms with Gasteiger partial charge in [0.2, 0.25) is 0 Å². The lowest BCUT2D eigenvalue weighted by Gasteiger charge is -2.11. The number of carbonyl (C=O) groups is 1. The maximum absolute atomic E-state index is 11.6. The Morgan fingerprint density at radius 2 is 2.10 bits per heavy atom. The highest BCUT2D eigenvalue weighted by Crippen LogP contribution is 2.33. The number of rotatable bonds is 6. The monoisotopic (exact) mass is 301 g/mol. The van der Waals surface area contributed by atoms with Gasteiger partial charge in [0, 0.05) is 12.1 Å². The third-order valence-corrected chi connectivity index (χ3v) is 2.63. The molecule has 7 heteroatoms. The number of carbonyl (C=O) groups excluding carboxylic acids is 1. The Bertz CT molecular complexity index is 516. The van der Waals surface area contributed by atoms with Gasteiger partial charge >= 0.3 is 11.7 Å². The first-order valence-corrected chi connectivity index (χ1v) is 6.52. The summed E-state index contributed by atoms with van der Waals surface area (Å²) in [5.41, 5.74) is -0.352. The molecule has 0 saturated carbocycles. The van der Waals surface area contributed by atoms with Crippen molar-refractivity contribution in [3.05, 3.63) is 32.8 Å². The summed E-state index contributed by atoms with van der Waals surface area (Å²) in [5, 5.41) is 11.1. The molecule has 6 nitrogen and oxygen atoms in total. The summed E-state index contributed by atoms with van der Waals surface area (Å²) in [4.78, 5) is 22.1. The quantitative estimate of drug-likeness (QED) is 0.457. The molecule has 0 atom stereocenters. The number of esters is 1. The van der Waals surface area contributed by atoms with E-state index in [1.54, 1.807) is 6.92 Å². The summed E-state index contributed by atoms with van der Waals surface area (Å²) in [7, 11) is 0. The van der Waals surface area contributed by atoms with Gasteiger partial charge in [0.05, 0.1) is 28.7 Å². The van der Waals surface area contributed by atoms with Gasteiger partial charge in [-0.2, -0.15) is 0 Å². The first kappa shape index (κ1) is 16.2. The van der Waals surface area contributed by atoms with Crippen molar-refractivity contribution in [2.24, 2.45) is 5.92 Å². The molecule has 0 saturated heterocycles. The van der Waals surface area contributed by atoms with Gasteiger partial charge in [-0.15, -0.1) is 0 Å². The predicted molar refractivity (Wildman–Crippen MR) is 74.4 cm³/mol. The topological polar surface area (TPSA) is 78.7 Å². The zero-order chi connectivity index (χ0) is 15.3. The van der Waals surface area contributed by atoms with E-state index in [0.29, 0.717) is 6.61 Å². The Hall–Kier alpha value is -1.82. The van der Waals surface area contributed by atoms with E-state index >= 15 is 0 Å². The summed E-state index contributed by atoms with van der Waals surface area (Å²) in [5.74, 6) is -0.448. The van der Waals surface area contributed by atoms with E-state index in [9.17, 15) is 14.9 Å². The molecule has 1 rings (SSSR count). The van der Waals surface area contributed by atoms with Gasteiger partial charge in [-0.05, 0) is 12.8 Å². The maximum atomic E-state index is 11.6. The zero-order valence-electron chi connectivity index (χ0n) is 11.5. The van der Waals surface area contributed by atoms with Crippen LogP contribution in [0.4, 0.5) is 5.69 Å². The van der Waals surface area contributed by atoms with Gasteiger partial charge < -0.3 is 9.47 Å². The lowest BCUT2D eigenvalue weighted by molar-refractivity contribution is -0.385. The lowest BCUT2D eigenvalue weighted by atomic mass is 10.2. The first-order valence-electron chi connectivity index (χ1n) is 6.14. The Labute approximate surface area is 121 Å². The van der Waals surface area contributed by atoms with Crippen LogP contribution >= 0.6 is 11.6 Å². The van der Waals surface area contributed by atoms with E-state index in [4.69, 9.17) is 21.1 Å². The molecule has 0 unspecified atom stereocenters. The van der Waals surface area contributed by atoms with Crippen LogP contribution in [0.3, 0.4) is 0 Å². The normalized spacial score (nSPS) is 10.4. The molecule has 0 aliphatic rings. The highest BCUT2D eigenvalue weighted by Gasteiger charge is 2.23. The Morgan fingerprint density at radius 1 is 1.45 bits per heavy atom. The van der Waals surface area contributed by atoms with Crippen LogP contribution < -0.4 is 4.74 Å². The minimum absolute atomic E-state index is 0.0433. The van der Waals surface area contributed by atoms with E-state index in [1.165, 1.54) is 6.07 Å². The molecule has 0 bridgehead atoms. The smallest absolute Gasteiger partial charge is 0.339 e. The van der Waals surface area contributed by atoms with Crippen molar-refractivity contribution in [2.45, 2.75) is 20.8 Å². The molecule has 0 radical (unpaired) electrons. The maximum Gasteiger partial charge on any atom is 0.339 e. The summed E-state index contributed by atoms with van der Waals surface area (Å²) >= 11 is 5.95. The third-order valence-electron chi connectivity index (χ3n) is 2.31. The second kappa shape index (κ2) is 7.09. The average molecular weight is 302 g/mol. The van der Waals surface area contributed by atoms with E-state index in [0.717, 1.165) is 6.07 Å². The number of nitrogens with zero attached hydrogens (tertiary/aromatic N) is 1. The standard InChI is InChI=1S/C13H16ClNO5/c1-4-19-13(16)9-5-11(15(17)18)12(6-10(9)14)20-7-8(2)3/h5-6,8H,4,7H2,1-3H3. The van der Waals surface area contributed by atoms with Crippen LogP contribution in [0.1, 0.15) is 31.1 Å². The van der Waals surface area contributed by atoms with E-state index in [1.807, 2.05) is 13.8 Å². The minimum atomic E-state index is -0.698. The van der Waals surface area contributed by atoms with Crippen LogP contribution in [0.15, 0.2) is 12.1 Å². The van der Waals surface area contributed by atoms with Gasteiger partial charge in [-0.3, -0.25) is 10.1 Å². The molecular weight excluding hydrogens is 286 g/mol. The van der Waals surface area contributed by atoms with Crippen LogP contribution in [-0.4, -0.2) is 24.1 Å². The summed E-state index contributed by atoms with van der Waals surface area (Å²) in [6, 6.07) is 2.35. The van der Waals surface area contributed by atoms with Gasteiger partial charge in [-0.1, -0.05) is 25.4 Å². The SMILES string of the molecule is CCOC(=O)c1cc([N+](=O)[O-])c(OCC(C)C)cc1Cl. The fraction of sp³-hybridized carbons (Fsp3) is 0.462. The zero-order valence-corrected chi connectivity index (χ0v) is 12.3. The fourth-order valence-corrected chi connectivity index (χ4v) is 1.65. The molecule has 0 heterocycles. The van der Waals surface area contributed by atoms with Gasteiger partial charge in [-0.25, -0.2) is 4.79 Å². The van der Waals surface area contributed by atoms with Gasteiger partial charge in [0.15, 0.2) is 5.75 Å². The van der Waals surface area contributed by atoms with Crippen molar-refractivity contribution in [2.75, 3.05) is 13.2 Å². The summed E-state index contributed by atoms with van der Waals surface area (Å²) < 4.78 is 10.2. The lowest BCUT2D eigenvalue weighted by Crippen LogP contribution is -2.09. The molecule has 110 valence electrons. The Kier molecular flexibility index (Phi) is 5.76. The number of nitro groups is 1. The van der Waals surface area contributed by atoms with Crippen LogP contribution in [-0.2, 0) is 4.74 Å². The Balaban J connectivity index is 3.17. The van der Waals surface area contributed by atoms with Gasteiger partial charge in [0.25, 0.3) is 0 Å². The molecular formula is C13H16ClNO5. The molecule has 0 fully saturated rings. The van der Waals surface area contributed by atoms with Gasteiger partial charge in [0.1, 0.15) is 0 Å². The fourth-order valence-electron chi connectivity index (χ4n) is 1.42. The number of halogens is 1. The largest absolute Gasteiger partial charge is 0.487 e. The van der Waals surface area contributed by atoms with Crippen LogP contribution in [0.2, 0.25) is 5.02 Å². The Morgan fingerprint density at radius 3 is 2.60 bits per heavy atom. The average Bonchev–Trinajstić information content (AvgIpc) is 2.35. The van der Waals surface area contributed by atoms with Crippen LogP contribution in [0.5, 0.6) is 5.75 Å². The molecule has 0 N–H and O–H groups in total. The van der Waals surface area contributed by atoms with Crippen molar-refractivity contribution in [3.63, 3.8) is 0 Å². The van der Waals surface area contributed by atoms with E-state index in [-0.39, 0.29) is 34.5 Å². The molecule has 0 aliphatic carbocycles. The highest BCUT2D eigenvalue weighted by atomic mass is 35.5. The number of ether oxygens (including phenoxy) is 2. The van der Waals surface area contributed by atoms with Crippen molar-refractivity contribution in [1.29, 1.82) is 0 Å². The van der Waals surface area contributed by atoms with Crippen LogP contribution in [0, 0.1) is 16.0 Å². The predicted octanol–water partition coefficient (Wildman–Crippen LogP) is 3.46. The summed E-state index contributed by atoms with van der Waals surface area (Å²) in [6.45, 7) is 5.95. The summed E-state index contributed by atoms with van der Waals surface area (Å²) in [6.07, 6.45) is 0. The first-order chi connectivity index (χ1) is 9.36. The number of hydrogen-bond acceptors (Lipinski definition) is 5. The molecule has 20 heavy (non-hydrogen) atoms. The molecule has 0 amide bonds. The molecule has 0 spiro atoms. The molecule has 1 aromatic rings. The number of hydrogen-bond donors (Lipinski definition) is 0. The molecule has 1 aromatic carbocycles. The van der Waals surface area contributed by atoms with E-state index in [2.05, 4.69) is 0 Å². The second-order valence-corrected chi connectivity index (χ2v) is 4.89. The second-order valence-electron chi connectivity index (χ2n) is 4.48. The molecule has 0 aliphatic heterocycles. The van der Waals surface area contributed by atoms with Crippen molar-refractivity contribution in [3.8, 4) is 5.75 Å².